The van der Waals surface area contributed by atoms with Gasteiger partial charge in [0.05, 0.1) is 17.2 Å². The van der Waals surface area contributed by atoms with Crippen LogP contribution in [0.5, 0.6) is 0 Å². The summed E-state index contributed by atoms with van der Waals surface area (Å²) in [7, 11) is 0. The monoisotopic (exact) mass is 441 g/mol. The first-order valence-corrected chi connectivity index (χ1v) is 12.1. The molecule has 2 fully saturated rings. The highest BCUT2D eigenvalue weighted by Gasteiger charge is 2.38. The van der Waals surface area contributed by atoms with Gasteiger partial charge in [0.1, 0.15) is 0 Å². The van der Waals surface area contributed by atoms with E-state index in [9.17, 15) is 9.59 Å². The summed E-state index contributed by atoms with van der Waals surface area (Å²) in [5.74, 6) is 0.374. The Balaban J connectivity index is 1.62. The van der Waals surface area contributed by atoms with Gasteiger partial charge in [0.2, 0.25) is 5.91 Å². The van der Waals surface area contributed by atoms with Crippen molar-refractivity contribution in [3.05, 3.63) is 23.1 Å². The SMILES string of the molecule is CCn1nc(C)c(-c2cc(C(=O)N3CCCCCCNC(=O)C4CCCCC43)no2)c1C. The van der Waals surface area contributed by atoms with Crippen LogP contribution in [0.25, 0.3) is 11.3 Å². The molecule has 174 valence electrons. The van der Waals surface area contributed by atoms with Gasteiger partial charge in [0.25, 0.3) is 5.91 Å². The maximum Gasteiger partial charge on any atom is 0.276 e. The van der Waals surface area contributed by atoms with Gasteiger partial charge in [-0.1, -0.05) is 30.8 Å². The average Bonchev–Trinajstić information content (AvgIpc) is 3.37. The zero-order valence-corrected chi connectivity index (χ0v) is 19.5. The third kappa shape index (κ3) is 4.45. The maximum absolute atomic E-state index is 13.6. The Kier molecular flexibility index (Phi) is 6.96. The van der Waals surface area contributed by atoms with Crippen LogP contribution in [0.3, 0.4) is 0 Å². The molecule has 4 rings (SSSR count). The van der Waals surface area contributed by atoms with Crippen LogP contribution in [0.4, 0.5) is 0 Å². The lowest BCUT2D eigenvalue weighted by Crippen LogP contribution is -2.51. The van der Waals surface area contributed by atoms with Crippen LogP contribution < -0.4 is 5.32 Å². The molecule has 2 aromatic heterocycles. The van der Waals surface area contributed by atoms with Gasteiger partial charge in [-0.05, 0) is 46.5 Å². The first-order valence-electron chi connectivity index (χ1n) is 12.1. The number of carbonyl (C=O) groups is 2. The fourth-order valence-corrected chi connectivity index (χ4v) is 5.31. The quantitative estimate of drug-likeness (QED) is 0.781. The molecule has 0 radical (unpaired) electrons. The van der Waals surface area contributed by atoms with E-state index in [0.717, 1.165) is 81.4 Å². The molecule has 2 unspecified atom stereocenters. The van der Waals surface area contributed by atoms with Crippen LogP contribution in [0.1, 0.15) is 80.2 Å². The Bertz CT molecular complexity index is 963. The number of hydrogen-bond donors (Lipinski definition) is 1. The predicted octanol–water partition coefficient (Wildman–Crippen LogP) is 3.87. The van der Waals surface area contributed by atoms with Crippen molar-refractivity contribution < 1.29 is 14.1 Å². The summed E-state index contributed by atoms with van der Waals surface area (Å²) in [4.78, 5) is 28.4. The average molecular weight is 442 g/mol. The van der Waals surface area contributed by atoms with Crippen molar-refractivity contribution in [2.75, 3.05) is 13.1 Å². The Hall–Kier alpha value is -2.64. The van der Waals surface area contributed by atoms with Crippen LogP contribution in [0.2, 0.25) is 0 Å². The minimum absolute atomic E-state index is 0.0826. The van der Waals surface area contributed by atoms with Crippen molar-refractivity contribution in [2.45, 2.75) is 84.7 Å². The van der Waals surface area contributed by atoms with E-state index in [2.05, 4.69) is 15.6 Å². The second kappa shape index (κ2) is 9.88. The summed E-state index contributed by atoms with van der Waals surface area (Å²) in [6, 6.07) is 1.66. The van der Waals surface area contributed by atoms with Gasteiger partial charge in [-0.15, -0.1) is 0 Å². The van der Waals surface area contributed by atoms with Crippen LogP contribution >= 0.6 is 0 Å². The third-order valence-electron chi connectivity index (χ3n) is 7.01. The lowest BCUT2D eigenvalue weighted by atomic mass is 9.82. The summed E-state index contributed by atoms with van der Waals surface area (Å²) < 4.78 is 7.55. The Morgan fingerprint density at radius 1 is 1.16 bits per heavy atom. The molecular formula is C24H35N5O3. The van der Waals surface area contributed by atoms with Gasteiger partial charge in [0.15, 0.2) is 11.5 Å². The fraction of sp³-hybridized carbons (Fsp3) is 0.667. The molecule has 2 aromatic rings. The maximum atomic E-state index is 13.6. The highest BCUT2D eigenvalue weighted by Crippen LogP contribution is 2.32. The van der Waals surface area contributed by atoms with Crippen molar-refractivity contribution in [3.63, 3.8) is 0 Å². The zero-order chi connectivity index (χ0) is 22.7. The summed E-state index contributed by atoms with van der Waals surface area (Å²) in [5, 5.41) is 11.8. The Morgan fingerprint density at radius 3 is 2.72 bits per heavy atom. The molecule has 8 heteroatoms. The number of nitrogens with one attached hydrogen (secondary N) is 1. The van der Waals surface area contributed by atoms with Crippen molar-refractivity contribution in [1.29, 1.82) is 0 Å². The second-order valence-corrected chi connectivity index (χ2v) is 9.10. The van der Waals surface area contributed by atoms with E-state index in [4.69, 9.17) is 4.52 Å². The molecule has 3 heterocycles. The number of nitrogens with zero attached hydrogens (tertiary/aromatic N) is 4. The second-order valence-electron chi connectivity index (χ2n) is 9.10. The van der Waals surface area contributed by atoms with E-state index in [1.165, 1.54) is 0 Å². The Labute approximate surface area is 189 Å². The number of rotatable bonds is 3. The van der Waals surface area contributed by atoms with Crippen molar-refractivity contribution in [2.24, 2.45) is 5.92 Å². The molecule has 2 atom stereocenters. The van der Waals surface area contributed by atoms with Gasteiger partial charge in [-0.2, -0.15) is 5.10 Å². The lowest BCUT2D eigenvalue weighted by Gasteiger charge is -2.39. The van der Waals surface area contributed by atoms with Gasteiger partial charge < -0.3 is 14.7 Å². The summed E-state index contributed by atoms with van der Waals surface area (Å²) in [6.07, 6.45) is 7.81. The van der Waals surface area contributed by atoms with Crippen LogP contribution in [0, 0.1) is 19.8 Å². The molecule has 2 amide bonds. The van der Waals surface area contributed by atoms with Gasteiger partial charge in [0, 0.05) is 37.4 Å². The minimum atomic E-state index is -0.149. The number of aromatic nitrogens is 3. The lowest BCUT2D eigenvalue weighted by molar-refractivity contribution is -0.128. The number of aryl methyl sites for hydroxylation is 2. The van der Waals surface area contributed by atoms with E-state index < -0.39 is 0 Å². The molecule has 0 bridgehead atoms. The van der Waals surface area contributed by atoms with Gasteiger partial charge in [-0.3, -0.25) is 14.3 Å². The Morgan fingerprint density at radius 2 is 1.94 bits per heavy atom. The van der Waals surface area contributed by atoms with Gasteiger partial charge >= 0.3 is 0 Å². The molecule has 1 aliphatic heterocycles. The van der Waals surface area contributed by atoms with E-state index >= 15 is 0 Å². The van der Waals surface area contributed by atoms with E-state index in [0.29, 0.717) is 18.0 Å². The molecule has 0 aromatic carbocycles. The van der Waals surface area contributed by atoms with E-state index in [1.54, 1.807) is 6.07 Å². The third-order valence-corrected chi connectivity index (χ3v) is 7.01. The van der Waals surface area contributed by atoms with Crippen LogP contribution in [-0.2, 0) is 11.3 Å². The summed E-state index contributed by atoms with van der Waals surface area (Å²) >= 11 is 0. The summed E-state index contributed by atoms with van der Waals surface area (Å²) in [5.41, 5.74) is 3.06. The highest BCUT2D eigenvalue weighted by molar-refractivity contribution is 5.94. The summed E-state index contributed by atoms with van der Waals surface area (Å²) in [6.45, 7) is 8.14. The minimum Gasteiger partial charge on any atom is -0.356 e. The van der Waals surface area contributed by atoms with Crippen molar-refractivity contribution in [1.82, 2.24) is 25.2 Å². The highest BCUT2D eigenvalue weighted by atomic mass is 16.5. The predicted molar refractivity (Wildman–Crippen MR) is 121 cm³/mol. The number of amides is 2. The zero-order valence-electron chi connectivity index (χ0n) is 19.5. The fourth-order valence-electron chi connectivity index (χ4n) is 5.31. The molecule has 1 saturated heterocycles. The number of hydrogen-bond acceptors (Lipinski definition) is 5. The molecule has 1 saturated carbocycles. The molecule has 0 spiro atoms. The topological polar surface area (TPSA) is 93.3 Å². The molecular weight excluding hydrogens is 406 g/mol. The molecule has 2 aliphatic rings. The number of carbonyl (C=O) groups excluding carboxylic acids is 2. The first-order chi connectivity index (χ1) is 15.5. The first kappa shape index (κ1) is 22.6. The smallest absolute Gasteiger partial charge is 0.276 e. The molecule has 32 heavy (non-hydrogen) atoms. The van der Waals surface area contributed by atoms with E-state index in [1.807, 2.05) is 30.4 Å². The van der Waals surface area contributed by atoms with Crippen molar-refractivity contribution >= 4 is 11.8 Å². The normalized spacial score (nSPS) is 22.7. The van der Waals surface area contributed by atoms with Crippen LogP contribution in [-0.4, -0.2) is 50.8 Å². The van der Waals surface area contributed by atoms with Crippen LogP contribution in [0.15, 0.2) is 10.6 Å². The molecule has 1 aliphatic carbocycles. The number of fused-ring (bicyclic) bond motifs is 1. The van der Waals surface area contributed by atoms with Gasteiger partial charge in [-0.25, -0.2) is 0 Å². The molecule has 8 nitrogen and oxygen atoms in total. The van der Waals surface area contributed by atoms with Crippen molar-refractivity contribution in [3.8, 4) is 11.3 Å². The molecule has 1 N–H and O–H groups in total. The van der Waals surface area contributed by atoms with E-state index in [-0.39, 0.29) is 23.8 Å². The standard InChI is InChI=1S/C24H35N5O3/c1-4-29-17(3)22(16(2)26-29)21-15-19(27-32-21)24(31)28-14-10-6-5-9-13-25-23(30)18-11-7-8-12-20(18)28/h15,18,20H,4-14H2,1-3H3,(H,25,30). The largest absolute Gasteiger partial charge is 0.356 e.